The number of benzene rings is 1. The molecule has 0 bridgehead atoms. The van der Waals surface area contributed by atoms with Crippen molar-refractivity contribution in [2.75, 3.05) is 13.7 Å². The lowest BCUT2D eigenvalue weighted by atomic mass is 9.98. The van der Waals surface area contributed by atoms with Gasteiger partial charge in [0, 0.05) is 24.1 Å². The maximum absolute atomic E-state index is 11.0. The summed E-state index contributed by atoms with van der Waals surface area (Å²) in [5.41, 5.74) is 6.73. The third kappa shape index (κ3) is 2.45. The van der Waals surface area contributed by atoms with E-state index in [9.17, 15) is 4.79 Å². The molecular weight excluding hydrogens is 246 g/mol. The van der Waals surface area contributed by atoms with Gasteiger partial charge in [0.2, 0.25) is 0 Å². The molecule has 17 heavy (non-hydrogen) atoms. The molecule has 1 unspecified atom stereocenters. The molecule has 0 saturated heterocycles. The minimum absolute atomic E-state index is 0. The van der Waals surface area contributed by atoms with Gasteiger partial charge in [-0.3, -0.25) is 0 Å². The highest BCUT2D eigenvalue weighted by Crippen LogP contribution is 2.36. The van der Waals surface area contributed by atoms with Crippen LogP contribution in [0, 0.1) is 0 Å². The second-order valence-corrected chi connectivity index (χ2v) is 3.64. The average Bonchev–Trinajstić information content (AvgIpc) is 2.27. The Morgan fingerprint density at radius 2 is 2.29 bits per heavy atom. The van der Waals surface area contributed by atoms with Crippen molar-refractivity contribution < 1.29 is 19.4 Å². The molecule has 1 aromatic carbocycles. The Kier molecular flexibility index (Phi) is 4.20. The molecule has 2 rings (SSSR count). The Morgan fingerprint density at radius 3 is 2.88 bits per heavy atom. The summed E-state index contributed by atoms with van der Waals surface area (Å²) in [6.07, 6.45) is 0.693. The first-order valence-electron chi connectivity index (χ1n) is 4.97. The zero-order valence-electron chi connectivity index (χ0n) is 9.30. The number of nitrogens with two attached hydrogens (primary N) is 1. The summed E-state index contributed by atoms with van der Waals surface area (Å²) in [5.74, 6) is -0.127. The number of hydrogen-bond donors (Lipinski definition) is 2. The van der Waals surface area contributed by atoms with Crippen LogP contribution in [0.5, 0.6) is 11.5 Å². The van der Waals surface area contributed by atoms with Crippen LogP contribution in [-0.4, -0.2) is 24.8 Å². The lowest BCUT2D eigenvalue weighted by Gasteiger charge is -2.24. The van der Waals surface area contributed by atoms with Gasteiger partial charge in [-0.2, -0.15) is 0 Å². The van der Waals surface area contributed by atoms with E-state index in [1.807, 2.05) is 0 Å². The molecule has 3 N–H and O–H groups in total. The number of hydrogen-bond acceptors (Lipinski definition) is 4. The SMILES string of the molecule is COc1cc2c(cc1C(=O)O)C(N)CCO2.Cl. The van der Waals surface area contributed by atoms with Crippen molar-refractivity contribution in [1.82, 2.24) is 0 Å². The molecule has 0 spiro atoms. The van der Waals surface area contributed by atoms with E-state index in [4.69, 9.17) is 20.3 Å². The Bertz CT molecular complexity index is 436. The molecule has 0 fully saturated rings. The molecule has 5 nitrogen and oxygen atoms in total. The van der Waals surface area contributed by atoms with Gasteiger partial charge < -0.3 is 20.3 Å². The predicted molar refractivity (Wildman–Crippen MR) is 64.2 cm³/mol. The molecule has 1 aromatic rings. The molecule has 94 valence electrons. The molecule has 0 saturated carbocycles. The summed E-state index contributed by atoms with van der Waals surface area (Å²) < 4.78 is 10.4. The topological polar surface area (TPSA) is 81.8 Å². The maximum Gasteiger partial charge on any atom is 0.339 e. The van der Waals surface area contributed by atoms with E-state index in [1.165, 1.54) is 13.2 Å². The van der Waals surface area contributed by atoms with E-state index >= 15 is 0 Å². The Hall–Kier alpha value is -1.46. The monoisotopic (exact) mass is 259 g/mol. The summed E-state index contributed by atoms with van der Waals surface area (Å²) in [6, 6.07) is 2.94. The highest BCUT2D eigenvalue weighted by molar-refractivity contribution is 5.91. The number of aromatic carboxylic acids is 1. The van der Waals surface area contributed by atoms with Crippen molar-refractivity contribution in [2.45, 2.75) is 12.5 Å². The lowest BCUT2D eigenvalue weighted by molar-refractivity contribution is 0.0693. The third-order valence-corrected chi connectivity index (χ3v) is 2.65. The van der Waals surface area contributed by atoms with Crippen LogP contribution in [0.15, 0.2) is 12.1 Å². The number of carboxylic acid groups (broad SMARTS) is 1. The van der Waals surface area contributed by atoms with Crippen LogP contribution in [0.1, 0.15) is 28.4 Å². The largest absolute Gasteiger partial charge is 0.496 e. The fraction of sp³-hybridized carbons (Fsp3) is 0.364. The molecule has 0 amide bonds. The second-order valence-electron chi connectivity index (χ2n) is 3.64. The standard InChI is InChI=1S/C11H13NO4.ClH/c1-15-9-5-10-6(4-7(9)11(13)14)8(12)2-3-16-10;/h4-5,8H,2-3,12H2,1H3,(H,13,14);1H. The number of fused-ring (bicyclic) bond motifs is 1. The number of rotatable bonds is 2. The zero-order chi connectivity index (χ0) is 11.7. The quantitative estimate of drug-likeness (QED) is 0.843. The van der Waals surface area contributed by atoms with E-state index in [0.29, 0.717) is 24.5 Å². The van der Waals surface area contributed by atoms with Gasteiger partial charge in [0.15, 0.2) is 0 Å². The van der Waals surface area contributed by atoms with Crippen molar-refractivity contribution in [3.63, 3.8) is 0 Å². The van der Waals surface area contributed by atoms with Gasteiger partial charge in [-0.05, 0) is 6.07 Å². The molecule has 6 heteroatoms. The third-order valence-electron chi connectivity index (χ3n) is 2.65. The summed E-state index contributed by atoms with van der Waals surface area (Å²) in [5, 5.41) is 9.02. The molecule has 1 aliphatic heterocycles. The summed E-state index contributed by atoms with van der Waals surface area (Å²) >= 11 is 0. The number of halogens is 1. The smallest absolute Gasteiger partial charge is 0.339 e. The summed E-state index contributed by atoms with van der Waals surface area (Å²) in [4.78, 5) is 11.0. The first-order chi connectivity index (χ1) is 7.63. The Balaban J connectivity index is 0.00000144. The lowest BCUT2D eigenvalue weighted by Crippen LogP contribution is -2.21. The molecule has 0 radical (unpaired) electrons. The van der Waals surface area contributed by atoms with Crippen molar-refractivity contribution in [3.8, 4) is 11.5 Å². The molecule has 1 aliphatic rings. The first-order valence-corrected chi connectivity index (χ1v) is 4.97. The van der Waals surface area contributed by atoms with Crippen LogP contribution < -0.4 is 15.2 Å². The number of carbonyl (C=O) groups is 1. The van der Waals surface area contributed by atoms with E-state index in [-0.39, 0.29) is 24.0 Å². The van der Waals surface area contributed by atoms with Crippen molar-refractivity contribution >= 4 is 18.4 Å². The van der Waals surface area contributed by atoms with Crippen molar-refractivity contribution in [2.24, 2.45) is 5.73 Å². The van der Waals surface area contributed by atoms with Crippen molar-refractivity contribution in [1.29, 1.82) is 0 Å². The van der Waals surface area contributed by atoms with E-state index in [1.54, 1.807) is 6.07 Å². The fourth-order valence-electron chi connectivity index (χ4n) is 1.78. The van der Waals surface area contributed by atoms with Gasteiger partial charge in [-0.15, -0.1) is 12.4 Å². The Labute approximate surface area is 105 Å². The minimum Gasteiger partial charge on any atom is -0.496 e. The average molecular weight is 260 g/mol. The normalized spacial score (nSPS) is 17.4. The van der Waals surface area contributed by atoms with E-state index in [2.05, 4.69) is 0 Å². The van der Waals surface area contributed by atoms with Gasteiger partial charge >= 0.3 is 5.97 Å². The zero-order valence-corrected chi connectivity index (χ0v) is 10.1. The predicted octanol–water partition coefficient (Wildman–Crippen LogP) is 1.60. The fourth-order valence-corrected chi connectivity index (χ4v) is 1.78. The van der Waals surface area contributed by atoms with Gasteiger partial charge in [0.1, 0.15) is 17.1 Å². The minimum atomic E-state index is -1.03. The van der Waals surface area contributed by atoms with Gasteiger partial charge in [-0.25, -0.2) is 4.79 Å². The molecule has 1 heterocycles. The van der Waals surface area contributed by atoms with Gasteiger partial charge in [-0.1, -0.05) is 0 Å². The molecular formula is C11H14ClNO4. The van der Waals surface area contributed by atoms with Gasteiger partial charge in [0.05, 0.1) is 13.7 Å². The van der Waals surface area contributed by atoms with Gasteiger partial charge in [0.25, 0.3) is 0 Å². The van der Waals surface area contributed by atoms with Crippen LogP contribution in [0.2, 0.25) is 0 Å². The van der Waals surface area contributed by atoms with E-state index in [0.717, 1.165) is 5.56 Å². The summed E-state index contributed by atoms with van der Waals surface area (Å²) in [6.45, 7) is 0.545. The number of ether oxygens (including phenoxy) is 2. The van der Waals surface area contributed by atoms with Crippen LogP contribution in [-0.2, 0) is 0 Å². The van der Waals surface area contributed by atoms with Crippen LogP contribution in [0.25, 0.3) is 0 Å². The first kappa shape index (κ1) is 13.6. The number of carboxylic acids is 1. The van der Waals surface area contributed by atoms with E-state index < -0.39 is 5.97 Å². The second kappa shape index (κ2) is 5.25. The molecule has 0 aliphatic carbocycles. The summed E-state index contributed by atoms with van der Waals surface area (Å²) in [7, 11) is 1.43. The Morgan fingerprint density at radius 1 is 1.59 bits per heavy atom. The highest BCUT2D eigenvalue weighted by atomic mass is 35.5. The van der Waals surface area contributed by atoms with Crippen LogP contribution in [0.4, 0.5) is 0 Å². The van der Waals surface area contributed by atoms with Crippen molar-refractivity contribution in [3.05, 3.63) is 23.3 Å². The van der Waals surface area contributed by atoms with Crippen LogP contribution in [0.3, 0.4) is 0 Å². The maximum atomic E-state index is 11.0. The number of methoxy groups -OCH3 is 1. The molecule has 1 atom stereocenters. The highest BCUT2D eigenvalue weighted by Gasteiger charge is 2.23. The molecule has 0 aromatic heterocycles. The van der Waals surface area contributed by atoms with Crippen LogP contribution >= 0.6 is 12.4 Å².